The highest BCUT2D eigenvalue weighted by Crippen LogP contribution is 2.28. The fourth-order valence-corrected chi connectivity index (χ4v) is 5.32. The molecule has 3 atom stereocenters. The molecule has 1 rings (SSSR count). The zero-order valence-electron chi connectivity index (χ0n) is 30.9. The first-order valence-electron chi connectivity index (χ1n) is 17.9. The summed E-state index contributed by atoms with van der Waals surface area (Å²) in [5, 5.41) is 30.7. The number of benzene rings is 1. The van der Waals surface area contributed by atoms with Crippen molar-refractivity contribution in [2.45, 2.75) is 129 Å². The molecule has 0 aliphatic heterocycles. The van der Waals surface area contributed by atoms with Crippen LogP contribution in [-0.4, -0.2) is 81.0 Å². The maximum Gasteiger partial charge on any atom is 0.419 e. The van der Waals surface area contributed by atoms with Gasteiger partial charge in [0, 0.05) is 33.2 Å². The molecule has 13 nitrogen and oxygen atoms in total. The van der Waals surface area contributed by atoms with Crippen LogP contribution in [0.25, 0.3) is 0 Å². The Morgan fingerprint density at radius 3 is 2.08 bits per heavy atom. The first kappa shape index (κ1) is 45.3. The summed E-state index contributed by atoms with van der Waals surface area (Å²) in [6.07, 6.45) is 8.33. The molecule has 288 valence electrons. The number of carbonyl (C=O) groups excluding carboxylic acids is 4. The van der Waals surface area contributed by atoms with Crippen LogP contribution < -0.4 is 4.74 Å². The number of rotatable bonds is 26. The van der Waals surface area contributed by atoms with E-state index in [4.69, 9.17) is 14.2 Å². The minimum atomic E-state index is -3.13. The van der Waals surface area contributed by atoms with Gasteiger partial charge in [0.25, 0.3) is 0 Å². The number of carbonyl (C=O) groups is 6. The molecule has 0 aromatic heterocycles. The summed E-state index contributed by atoms with van der Waals surface area (Å²) >= 11 is 0. The van der Waals surface area contributed by atoms with Gasteiger partial charge < -0.3 is 29.5 Å². The largest absolute Gasteiger partial charge is 0.481 e. The minimum Gasteiger partial charge on any atom is -0.481 e. The lowest BCUT2D eigenvalue weighted by molar-refractivity contribution is -0.174. The molecule has 13 heteroatoms. The van der Waals surface area contributed by atoms with E-state index in [2.05, 4.69) is 18.8 Å². The van der Waals surface area contributed by atoms with Crippen LogP contribution in [0.1, 0.15) is 117 Å². The molecule has 0 radical (unpaired) electrons. The number of nitrogens with zero attached hydrogens (tertiary/aromatic N) is 1. The van der Waals surface area contributed by atoms with E-state index < -0.39 is 54.1 Å². The molecule has 0 spiro atoms. The van der Waals surface area contributed by atoms with E-state index in [0.29, 0.717) is 41.9 Å². The van der Waals surface area contributed by atoms with Gasteiger partial charge in [0.2, 0.25) is 12.2 Å². The fraction of sp³-hybridized carbons (Fsp3) is 0.590. The maximum atomic E-state index is 14.0. The number of Topliss-reactive ketones (excluding diaryl/α,β-unsaturated/α-hetero) is 1. The van der Waals surface area contributed by atoms with Crippen LogP contribution in [0.15, 0.2) is 36.4 Å². The zero-order chi connectivity index (χ0) is 38.9. The Hall–Kier alpha value is -4.70. The number of aliphatic carboxylic acids is 2. The lowest BCUT2D eigenvalue weighted by Crippen LogP contribution is -2.55. The zero-order valence-corrected chi connectivity index (χ0v) is 30.9. The lowest BCUT2D eigenvalue weighted by Gasteiger charge is -2.32. The van der Waals surface area contributed by atoms with Crippen LogP contribution in [0.4, 0.5) is 4.79 Å². The number of amides is 2. The number of allylic oxidation sites excluding steroid dienone is 1. The third kappa shape index (κ3) is 18.0. The Morgan fingerprint density at radius 1 is 0.904 bits per heavy atom. The molecule has 0 saturated heterocycles. The van der Waals surface area contributed by atoms with Gasteiger partial charge in [-0.15, -0.1) is 5.92 Å². The Balaban J connectivity index is 3.13. The van der Waals surface area contributed by atoms with Gasteiger partial charge in [-0.3, -0.25) is 19.2 Å². The van der Waals surface area contributed by atoms with Crippen molar-refractivity contribution in [1.29, 1.82) is 0 Å². The topological polar surface area (TPSA) is 194 Å². The van der Waals surface area contributed by atoms with Crippen molar-refractivity contribution < 1.29 is 58.3 Å². The highest BCUT2D eigenvalue weighted by atomic mass is 16.7. The van der Waals surface area contributed by atoms with E-state index in [1.54, 1.807) is 31.2 Å². The van der Waals surface area contributed by atoms with Gasteiger partial charge in [-0.1, -0.05) is 75.7 Å². The second-order valence-electron chi connectivity index (χ2n) is 12.5. The van der Waals surface area contributed by atoms with Gasteiger partial charge in [-0.05, 0) is 56.7 Å². The van der Waals surface area contributed by atoms with Crippen molar-refractivity contribution in [2.24, 2.45) is 5.92 Å². The molecule has 0 fully saturated rings. The Labute approximate surface area is 306 Å². The molecule has 2 amide bonds. The van der Waals surface area contributed by atoms with E-state index in [1.807, 2.05) is 0 Å². The average Bonchev–Trinajstić information content (AvgIpc) is 3.07. The van der Waals surface area contributed by atoms with E-state index in [0.717, 1.165) is 57.9 Å². The van der Waals surface area contributed by atoms with Crippen molar-refractivity contribution in [3.8, 4) is 17.6 Å². The average molecular weight is 730 g/mol. The number of esters is 1. The predicted molar refractivity (Wildman–Crippen MR) is 192 cm³/mol. The number of ketones is 1. The van der Waals surface area contributed by atoms with Crippen LogP contribution in [0.3, 0.4) is 0 Å². The van der Waals surface area contributed by atoms with Crippen molar-refractivity contribution in [3.05, 3.63) is 42.0 Å². The standard InChI is InChI=1S/C39H55NO12/c1-5-7-9-12-15-18-32(42)19-16-13-10-11-14-17-20-34(39(49,37(46)47)28-35(43)44)36(45)40(38(48)52-30(4)51-29(3)41)26-25-31-21-23-33(24-22-31)50-27-8-6-2/h17,20-24,30,34,49H,5,7,9-16,18-19,25-28H2,1-4H3,(H,43,44)(H,46,47)/b20-17+/t30-,34+,39-/m0/s1. The number of hydrogen-bond donors (Lipinski definition) is 3. The predicted octanol–water partition coefficient (Wildman–Crippen LogP) is 6.24. The molecule has 52 heavy (non-hydrogen) atoms. The van der Waals surface area contributed by atoms with E-state index in [1.165, 1.54) is 19.4 Å². The summed E-state index contributed by atoms with van der Waals surface area (Å²) in [4.78, 5) is 75.5. The fourth-order valence-electron chi connectivity index (χ4n) is 5.32. The van der Waals surface area contributed by atoms with Crippen LogP contribution in [0.5, 0.6) is 5.75 Å². The molecular weight excluding hydrogens is 674 g/mol. The summed E-state index contributed by atoms with van der Waals surface area (Å²) < 4.78 is 15.5. The second kappa shape index (κ2) is 25.3. The van der Waals surface area contributed by atoms with Crippen molar-refractivity contribution >= 4 is 35.7 Å². The third-order valence-electron chi connectivity index (χ3n) is 8.16. The molecule has 1 aromatic rings. The Kier molecular flexibility index (Phi) is 22.0. The number of aliphatic hydroxyl groups is 1. The molecular formula is C39H55NO12. The van der Waals surface area contributed by atoms with Gasteiger partial charge in [0.05, 0.1) is 12.3 Å². The summed E-state index contributed by atoms with van der Waals surface area (Å²) in [5.74, 6) is -1.40. The minimum absolute atomic E-state index is 0.0556. The molecule has 3 N–H and O–H groups in total. The van der Waals surface area contributed by atoms with Gasteiger partial charge in [0.1, 0.15) is 18.1 Å². The highest BCUT2D eigenvalue weighted by Gasteiger charge is 2.50. The number of hydrogen-bond acceptors (Lipinski definition) is 10. The molecule has 0 aliphatic rings. The summed E-state index contributed by atoms with van der Waals surface area (Å²) in [5.41, 5.74) is -2.48. The quantitative estimate of drug-likeness (QED) is 0.0320. The summed E-state index contributed by atoms with van der Waals surface area (Å²) in [7, 11) is 0. The Morgan fingerprint density at radius 2 is 1.52 bits per heavy atom. The molecule has 0 unspecified atom stereocenters. The number of carboxylic acid groups (broad SMARTS) is 2. The number of imide groups is 1. The van der Waals surface area contributed by atoms with E-state index in [-0.39, 0.29) is 25.4 Å². The monoisotopic (exact) mass is 729 g/mol. The van der Waals surface area contributed by atoms with Gasteiger partial charge in [-0.25, -0.2) is 14.5 Å². The first-order valence-corrected chi connectivity index (χ1v) is 17.9. The van der Waals surface area contributed by atoms with Gasteiger partial charge in [0.15, 0.2) is 5.60 Å². The molecule has 0 heterocycles. The van der Waals surface area contributed by atoms with Crippen molar-refractivity contribution in [2.75, 3.05) is 13.2 Å². The number of carboxylic acids is 2. The lowest BCUT2D eigenvalue weighted by atomic mass is 9.82. The SMILES string of the molecule is CC#CCOc1ccc(CCN(C(=O)O[C@@H](C)OC(C)=O)C(=O)[C@@H](/C=C/CCCCCCC(=O)CCCCCCC)[C@@](O)(CC(=O)O)C(=O)O)cc1. The van der Waals surface area contributed by atoms with E-state index >= 15 is 0 Å². The van der Waals surface area contributed by atoms with Crippen LogP contribution >= 0.6 is 0 Å². The van der Waals surface area contributed by atoms with Crippen molar-refractivity contribution in [1.82, 2.24) is 4.90 Å². The second-order valence-corrected chi connectivity index (χ2v) is 12.5. The van der Waals surface area contributed by atoms with Crippen LogP contribution in [0, 0.1) is 17.8 Å². The maximum absolute atomic E-state index is 14.0. The molecule has 0 saturated carbocycles. The van der Waals surface area contributed by atoms with Gasteiger partial charge >= 0.3 is 24.0 Å². The highest BCUT2D eigenvalue weighted by molar-refractivity contribution is 5.99. The Bertz CT molecular complexity index is 1390. The molecule has 0 aliphatic carbocycles. The number of unbranched alkanes of at least 4 members (excludes halogenated alkanes) is 8. The van der Waals surface area contributed by atoms with Crippen molar-refractivity contribution in [3.63, 3.8) is 0 Å². The third-order valence-corrected chi connectivity index (χ3v) is 8.16. The normalized spacial score (nSPS) is 13.2. The smallest absolute Gasteiger partial charge is 0.419 e. The first-order chi connectivity index (χ1) is 24.7. The molecule has 1 aromatic carbocycles. The summed E-state index contributed by atoms with van der Waals surface area (Å²) in [6.45, 7) is 5.97. The van der Waals surface area contributed by atoms with E-state index in [9.17, 15) is 44.1 Å². The van der Waals surface area contributed by atoms with Crippen LogP contribution in [-0.2, 0) is 39.9 Å². The van der Waals surface area contributed by atoms with Crippen LogP contribution in [0.2, 0.25) is 0 Å². The summed E-state index contributed by atoms with van der Waals surface area (Å²) in [6, 6.07) is 6.69. The number of ether oxygens (including phenoxy) is 3. The molecule has 0 bridgehead atoms. The van der Waals surface area contributed by atoms with Gasteiger partial charge in [-0.2, -0.15) is 0 Å².